The Balaban J connectivity index is 1.63. The van der Waals surface area contributed by atoms with Crippen molar-refractivity contribution in [2.24, 2.45) is 11.8 Å². The maximum absolute atomic E-state index is 3.46. The van der Waals surface area contributed by atoms with E-state index in [1.54, 1.807) is 0 Å². The Morgan fingerprint density at radius 1 is 1.23 bits per heavy atom. The Morgan fingerprint density at radius 2 is 2.15 bits per heavy atom. The monoisotopic (exact) mass is 180 g/mol. The minimum atomic E-state index is 0.837. The largest absolute Gasteiger partial charge is 0.315 e. The molecular formula is C11H20N2. The van der Waals surface area contributed by atoms with Gasteiger partial charge in [0.1, 0.15) is 0 Å². The van der Waals surface area contributed by atoms with Crippen LogP contribution in [0.2, 0.25) is 0 Å². The lowest BCUT2D eigenvalue weighted by Crippen LogP contribution is -2.41. The summed E-state index contributed by atoms with van der Waals surface area (Å²) in [6, 6.07) is 1.78. The summed E-state index contributed by atoms with van der Waals surface area (Å²) >= 11 is 0. The Labute approximate surface area is 80.7 Å². The Kier molecular flexibility index (Phi) is 1.88. The molecule has 3 fully saturated rings. The minimum Gasteiger partial charge on any atom is -0.315 e. The molecule has 2 nitrogen and oxygen atoms in total. The number of hydrogen-bond acceptors (Lipinski definition) is 2. The van der Waals surface area contributed by atoms with Gasteiger partial charge in [-0.05, 0) is 51.1 Å². The molecule has 0 spiro atoms. The number of nitrogens with one attached hydrogen (secondary N) is 1. The van der Waals surface area contributed by atoms with Crippen molar-refractivity contribution in [2.45, 2.75) is 37.8 Å². The van der Waals surface area contributed by atoms with Gasteiger partial charge in [0.05, 0.1) is 0 Å². The highest BCUT2D eigenvalue weighted by molar-refractivity contribution is 5.03. The van der Waals surface area contributed by atoms with Gasteiger partial charge in [0.2, 0.25) is 0 Å². The van der Waals surface area contributed by atoms with Gasteiger partial charge in [-0.1, -0.05) is 0 Å². The van der Waals surface area contributed by atoms with Crippen LogP contribution in [0.25, 0.3) is 0 Å². The molecule has 2 saturated carbocycles. The molecule has 0 aromatic heterocycles. The smallest absolute Gasteiger partial charge is 0.0232 e. The highest BCUT2D eigenvalue weighted by Gasteiger charge is 2.50. The Morgan fingerprint density at radius 3 is 2.69 bits per heavy atom. The first kappa shape index (κ1) is 8.25. The molecule has 0 aromatic carbocycles. The SMILES string of the molecule is CN(C1CCNC1)C1CCC2CC21. The zero-order valence-electron chi connectivity index (χ0n) is 8.50. The van der Waals surface area contributed by atoms with Gasteiger partial charge in [0, 0.05) is 18.6 Å². The van der Waals surface area contributed by atoms with Gasteiger partial charge in [-0.25, -0.2) is 0 Å². The summed E-state index contributed by atoms with van der Waals surface area (Å²) in [6.07, 6.45) is 5.89. The molecule has 1 N–H and O–H groups in total. The summed E-state index contributed by atoms with van der Waals surface area (Å²) in [5, 5.41) is 3.46. The third kappa shape index (κ3) is 1.31. The first-order chi connectivity index (χ1) is 6.36. The van der Waals surface area contributed by atoms with Crippen molar-refractivity contribution in [3.8, 4) is 0 Å². The fraction of sp³-hybridized carbons (Fsp3) is 1.00. The summed E-state index contributed by atoms with van der Waals surface area (Å²) in [6.45, 7) is 2.46. The summed E-state index contributed by atoms with van der Waals surface area (Å²) in [4.78, 5) is 2.68. The van der Waals surface area contributed by atoms with E-state index in [1.165, 1.54) is 38.8 Å². The fourth-order valence-corrected chi connectivity index (χ4v) is 3.44. The maximum Gasteiger partial charge on any atom is 0.0232 e. The normalized spacial score (nSPS) is 48.5. The second kappa shape index (κ2) is 2.96. The van der Waals surface area contributed by atoms with Crippen LogP contribution in [0.1, 0.15) is 25.7 Å². The number of hydrogen-bond donors (Lipinski definition) is 1. The Bertz CT molecular complexity index is 198. The first-order valence-electron chi connectivity index (χ1n) is 5.79. The van der Waals surface area contributed by atoms with E-state index in [-0.39, 0.29) is 0 Å². The van der Waals surface area contributed by atoms with Crippen molar-refractivity contribution in [3.63, 3.8) is 0 Å². The highest BCUT2D eigenvalue weighted by Crippen LogP contribution is 2.53. The van der Waals surface area contributed by atoms with Crippen molar-refractivity contribution in [1.29, 1.82) is 0 Å². The maximum atomic E-state index is 3.46. The second-order valence-electron chi connectivity index (χ2n) is 5.12. The number of rotatable bonds is 2. The van der Waals surface area contributed by atoms with E-state index in [0.717, 1.165) is 23.9 Å². The second-order valence-corrected chi connectivity index (χ2v) is 5.12. The molecule has 0 radical (unpaired) electrons. The van der Waals surface area contributed by atoms with Crippen molar-refractivity contribution in [1.82, 2.24) is 10.2 Å². The number of fused-ring (bicyclic) bond motifs is 1. The van der Waals surface area contributed by atoms with Crippen molar-refractivity contribution >= 4 is 0 Å². The number of nitrogens with zero attached hydrogens (tertiary/aromatic N) is 1. The third-order valence-electron chi connectivity index (χ3n) is 4.44. The van der Waals surface area contributed by atoms with Gasteiger partial charge in [-0.3, -0.25) is 4.90 Å². The fourth-order valence-electron chi connectivity index (χ4n) is 3.44. The lowest BCUT2D eigenvalue weighted by molar-refractivity contribution is 0.169. The molecule has 3 aliphatic rings. The van der Waals surface area contributed by atoms with Gasteiger partial charge in [0.15, 0.2) is 0 Å². The highest BCUT2D eigenvalue weighted by atomic mass is 15.2. The van der Waals surface area contributed by atoms with E-state index in [4.69, 9.17) is 0 Å². The van der Waals surface area contributed by atoms with Crippen molar-refractivity contribution in [3.05, 3.63) is 0 Å². The average molecular weight is 180 g/mol. The molecule has 4 atom stereocenters. The first-order valence-corrected chi connectivity index (χ1v) is 5.79. The van der Waals surface area contributed by atoms with Crippen LogP contribution in [0.3, 0.4) is 0 Å². The van der Waals surface area contributed by atoms with Gasteiger partial charge >= 0.3 is 0 Å². The summed E-state index contributed by atoms with van der Waals surface area (Å²) in [5.74, 6) is 2.22. The summed E-state index contributed by atoms with van der Waals surface area (Å²) in [7, 11) is 2.35. The van der Waals surface area contributed by atoms with Crippen LogP contribution < -0.4 is 5.32 Å². The molecule has 3 rings (SSSR count). The Hall–Kier alpha value is -0.0800. The lowest BCUT2D eigenvalue weighted by Gasteiger charge is -2.31. The zero-order valence-corrected chi connectivity index (χ0v) is 8.50. The molecule has 4 unspecified atom stereocenters. The molecule has 2 heteroatoms. The molecule has 0 bridgehead atoms. The zero-order chi connectivity index (χ0) is 8.84. The van der Waals surface area contributed by atoms with Crippen molar-refractivity contribution < 1.29 is 0 Å². The van der Waals surface area contributed by atoms with Gasteiger partial charge in [-0.15, -0.1) is 0 Å². The van der Waals surface area contributed by atoms with E-state index < -0.39 is 0 Å². The van der Waals surface area contributed by atoms with E-state index in [0.29, 0.717) is 0 Å². The van der Waals surface area contributed by atoms with Crippen LogP contribution >= 0.6 is 0 Å². The van der Waals surface area contributed by atoms with Crippen LogP contribution in [0, 0.1) is 11.8 Å². The molecule has 1 heterocycles. The van der Waals surface area contributed by atoms with E-state index in [1.807, 2.05) is 0 Å². The van der Waals surface area contributed by atoms with Crippen molar-refractivity contribution in [2.75, 3.05) is 20.1 Å². The predicted octanol–water partition coefficient (Wildman–Crippen LogP) is 1.08. The van der Waals surface area contributed by atoms with Crippen LogP contribution in [0.4, 0.5) is 0 Å². The summed E-state index contributed by atoms with van der Waals surface area (Å²) < 4.78 is 0. The van der Waals surface area contributed by atoms with Gasteiger partial charge in [0.25, 0.3) is 0 Å². The van der Waals surface area contributed by atoms with Crippen LogP contribution in [-0.4, -0.2) is 37.1 Å². The molecule has 0 amide bonds. The molecule has 1 saturated heterocycles. The van der Waals surface area contributed by atoms with E-state index in [2.05, 4.69) is 17.3 Å². The molecule has 2 aliphatic carbocycles. The van der Waals surface area contributed by atoms with Crippen LogP contribution in [0.5, 0.6) is 0 Å². The predicted molar refractivity (Wildman–Crippen MR) is 53.7 cm³/mol. The standard InChI is InChI=1S/C11H20N2/c1-13(9-4-5-12-7-9)11-3-2-8-6-10(8)11/h8-12H,2-7H2,1H3. The van der Waals surface area contributed by atoms with Gasteiger partial charge < -0.3 is 5.32 Å². The van der Waals surface area contributed by atoms with E-state index >= 15 is 0 Å². The molecule has 13 heavy (non-hydrogen) atoms. The van der Waals surface area contributed by atoms with Crippen LogP contribution in [0.15, 0.2) is 0 Å². The number of likely N-dealkylation sites (N-methyl/N-ethyl adjacent to an activating group) is 1. The van der Waals surface area contributed by atoms with Gasteiger partial charge in [-0.2, -0.15) is 0 Å². The quantitative estimate of drug-likeness (QED) is 0.684. The topological polar surface area (TPSA) is 15.3 Å². The summed E-state index contributed by atoms with van der Waals surface area (Å²) in [5.41, 5.74) is 0. The van der Waals surface area contributed by atoms with E-state index in [9.17, 15) is 0 Å². The molecule has 0 aromatic rings. The molecule has 74 valence electrons. The molecular weight excluding hydrogens is 160 g/mol. The average Bonchev–Trinajstić information content (AvgIpc) is 2.67. The van der Waals surface area contributed by atoms with Crippen LogP contribution in [-0.2, 0) is 0 Å². The third-order valence-corrected chi connectivity index (χ3v) is 4.44. The minimum absolute atomic E-state index is 0.837. The lowest BCUT2D eigenvalue weighted by atomic mass is 10.1. The molecule has 1 aliphatic heterocycles.